The number of amides is 1. The Labute approximate surface area is 201 Å². The van der Waals surface area contributed by atoms with Gasteiger partial charge in [0, 0.05) is 16.8 Å². The van der Waals surface area contributed by atoms with Crippen molar-refractivity contribution in [3.63, 3.8) is 0 Å². The van der Waals surface area contributed by atoms with E-state index >= 15 is 0 Å². The number of aromatic nitrogens is 2. The van der Waals surface area contributed by atoms with Crippen LogP contribution in [-0.4, -0.2) is 41.4 Å². The van der Waals surface area contributed by atoms with Crippen LogP contribution in [0.5, 0.6) is 11.5 Å². The molecular weight excluding hydrogens is 446 g/mol. The molecule has 0 bridgehead atoms. The summed E-state index contributed by atoms with van der Waals surface area (Å²) in [4.78, 5) is 26.7. The molecule has 5 rings (SSSR count). The summed E-state index contributed by atoms with van der Waals surface area (Å²) < 4.78 is 10.9. The molecule has 0 fully saturated rings. The highest BCUT2D eigenvalue weighted by Gasteiger charge is 2.43. The first-order chi connectivity index (χ1) is 16.9. The van der Waals surface area contributed by atoms with E-state index < -0.39 is 12.0 Å². The highest BCUT2D eigenvalue weighted by Crippen LogP contribution is 2.46. The van der Waals surface area contributed by atoms with Crippen LogP contribution in [0.3, 0.4) is 0 Å². The average Bonchev–Trinajstić information content (AvgIpc) is 3.43. The van der Waals surface area contributed by atoms with Crippen LogP contribution in [-0.2, 0) is 0 Å². The lowest BCUT2D eigenvalue weighted by Crippen LogP contribution is -2.29. The maximum Gasteiger partial charge on any atom is 0.335 e. The molecule has 1 atom stereocenters. The molecule has 0 radical (unpaired) electrons. The zero-order chi connectivity index (χ0) is 24.7. The fraction of sp³-hybridized carbons (Fsp3) is 0.148. The van der Waals surface area contributed by atoms with Gasteiger partial charge in [-0.2, -0.15) is 5.10 Å². The summed E-state index contributed by atoms with van der Waals surface area (Å²) in [7, 11) is 3.13. The van der Waals surface area contributed by atoms with E-state index in [0.29, 0.717) is 28.6 Å². The van der Waals surface area contributed by atoms with Gasteiger partial charge in [-0.15, -0.1) is 0 Å². The zero-order valence-corrected chi connectivity index (χ0v) is 19.4. The first-order valence-corrected chi connectivity index (χ1v) is 11.0. The molecule has 0 unspecified atom stereocenters. The minimum atomic E-state index is -1.03. The Balaban J connectivity index is 1.70. The van der Waals surface area contributed by atoms with Crippen molar-refractivity contribution < 1.29 is 24.2 Å². The van der Waals surface area contributed by atoms with E-state index in [4.69, 9.17) is 9.47 Å². The number of fused-ring (bicyclic) bond motifs is 1. The second-order valence-corrected chi connectivity index (χ2v) is 8.27. The van der Waals surface area contributed by atoms with Crippen molar-refractivity contribution in [3.8, 4) is 22.8 Å². The molecule has 1 aliphatic heterocycles. The minimum Gasteiger partial charge on any atom is -0.493 e. The molecule has 8 nitrogen and oxygen atoms in total. The number of carbonyl (C=O) groups excluding carboxylic acids is 1. The van der Waals surface area contributed by atoms with Crippen molar-refractivity contribution in [1.82, 2.24) is 10.2 Å². The van der Waals surface area contributed by atoms with E-state index in [1.54, 1.807) is 37.3 Å². The summed E-state index contributed by atoms with van der Waals surface area (Å²) >= 11 is 0. The Morgan fingerprint density at radius 3 is 2.29 bits per heavy atom. The van der Waals surface area contributed by atoms with Crippen LogP contribution in [0.25, 0.3) is 11.3 Å². The maximum absolute atomic E-state index is 13.7. The number of aryl methyl sites for hydroxylation is 1. The molecule has 4 aromatic rings. The topological polar surface area (TPSA) is 105 Å². The predicted octanol–water partition coefficient (Wildman–Crippen LogP) is 4.85. The number of carboxylic acids is 1. The molecule has 3 aromatic carbocycles. The highest BCUT2D eigenvalue weighted by atomic mass is 16.5. The Morgan fingerprint density at radius 1 is 0.971 bits per heavy atom. The number of nitrogens with zero attached hydrogens (tertiary/aromatic N) is 2. The minimum absolute atomic E-state index is 0.142. The normalized spacial score (nSPS) is 14.7. The lowest BCUT2D eigenvalue weighted by molar-refractivity contribution is 0.0696. The first kappa shape index (κ1) is 22.2. The number of carboxylic acid groups (broad SMARTS) is 1. The van der Waals surface area contributed by atoms with Gasteiger partial charge in [0.2, 0.25) is 0 Å². The number of aromatic carboxylic acids is 1. The van der Waals surface area contributed by atoms with Gasteiger partial charge >= 0.3 is 5.97 Å². The van der Waals surface area contributed by atoms with Gasteiger partial charge in [0.1, 0.15) is 5.69 Å². The standard InChI is InChI=1S/C27H23N3O5/c1-15-4-6-16(7-5-15)23-22-24(29-28-23)26(31)30(19-11-8-17(9-12-19)27(32)33)25(22)18-10-13-20(34-2)21(14-18)35-3/h4-14,25H,1-3H3,(H,28,29)(H,32,33)/t25-/m0/s1. The number of ether oxygens (including phenoxy) is 2. The fourth-order valence-corrected chi connectivity index (χ4v) is 4.45. The Kier molecular flexibility index (Phi) is 5.49. The molecule has 0 spiro atoms. The first-order valence-electron chi connectivity index (χ1n) is 11.0. The summed E-state index contributed by atoms with van der Waals surface area (Å²) in [6.45, 7) is 2.01. The molecule has 0 aliphatic carbocycles. The number of carbonyl (C=O) groups is 2. The van der Waals surface area contributed by atoms with Crippen LogP contribution in [0.15, 0.2) is 66.7 Å². The number of rotatable bonds is 6. The third-order valence-electron chi connectivity index (χ3n) is 6.21. The third-order valence-corrected chi connectivity index (χ3v) is 6.21. The SMILES string of the molecule is COc1ccc([C@H]2c3c(-c4ccc(C)cc4)n[nH]c3C(=O)N2c2ccc(C(=O)O)cc2)cc1OC. The summed E-state index contributed by atoms with van der Waals surface area (Å²) in [6, 6.07) is 19.2. The van der Waals surface area contributed by atoms with E-state index in [-0.39, 0.29) is 11.5 Å². The molecule has 0 saturated carbocycles. The lowest BCUT2D eigenvalue weighted by atomic mass is 9.95. The number of anilines is 1. The van der Waals surface area contributed by atoms with Crippen molar-refractivity contribution >= 4 is 17.6 Å². The smallest absolute Gasteiger partial charge is 0.335 e. The molecule has 2 N–H and O–H groups in total. The third kappa shape index (κ3) is 3.69. The van der Waals surface area contributed by atoms with E-state index in [0.717, 1.165) is 22.3 Å². The van der Waals surface area contributed by atoms with Gasteiger partial charge in [0.15, 0.2) is 11.5 Å². The summed E-state index contributed by atoms with van der Waals surface area (Å²) in [5.74, 6) is -0.179. The van der Waals surface area contributed by atoms with Gasteiger partial charge in [-0.25, -0.2) is 4.79 Å². The number of hydrogen-bond acceptors (Lipinski definition) is 5. The second-order valence-electron chi connectivity index (χ2n) is 8.27. The van der Waals surface area contributed by atoms with Crippen LogP contribution in [0.1, 0.15) is 43.6 Å². The number of methoxy groups -OCH3 is 2. The summed E-state index contributed by atoms with van der Waals surface area (Å²) in [6.07, 6.45) is 0. The molecule has 0 saturated heterocycles. The van der Waals surface area contributed by atoms with Crippen molar-refractivity contribution in [2.75, 3.05) is 19.1 Å². The van der Waals surface area contributed by atoms with Crippen LogP contribution in [0.4, 0.5) is 5.69 Å². The second kappa shape index (κ2) is 8.64. The van der Waals surface area contributed by atoms with Crippen LogP contribution in [0.2, 0.25) is 0 Å². The molecule has 1 amide bonds. The Hall–Kier alpha value is -4.59. The highest BCUT2D eigenvalue weighted by molar-refractivity contribution is 6.12. The lowest BCUT2D eigenvalue weighted by Gasteiger charge is -2.27. The maximum atomic E-state index is 13.7. The van der Waals surface area contributed by atoms with Crippen LogP contribution in [0, 0.1) is 6.92 Å². The Bertz CT molecular complexity index is 1420. The van der Waals surface area contributed by atoms with Crippen molar-refractivity contribution in [2.24, 2.45) is 0 Å². The molecule has 35 heavy (non-hydrogen) atoms. The molecule has 2 heterocycles. The van der Waals surface area contributed by atoms with Gasteiger partial charge in [0.05, 0.1) is 31.5 Å². The number of aromatic amines is 1. The quantitative estimate of drug-likeness (QED) is 0.418. The fourth-order valence-electron chi connectivity index (χ4n) is 4.45. The van der Waals surface area contributed by atoms with Gasteiger partial charge in [-0.1, -0.05) is 35.9 Å². The van der Waals surface area contributed by atoms with Gasteiger partial charge < -0.3 is 14.6 Å². The van der Waals surface area contributed by atoms with Gasteiger partial charge in [-0.3, -0.25) is 14.8 Å². The predicted molar refractivity (Wildman–Crippen MR) is 130 cm³/mol. The summed E-state index contributed by atoms with van der Waals surface area (Å²) in [5, 5.41) is 16.7. The van der Waals surface area contributed by atoms with Crippen LogP contribution >= 0.6 is 0 Å². The van der Waals surface area contributed by atoms with E-state index in [1.165, 1.54) is 12.1 Å². The average molecular weight is 469 g/mol. The number of hydrogen-bond donors (Lipinski definition) is 2. The monoisotopic (exact) mass is 469 g/mol. The van der Waals surface area contributed by atoms with E-state index in [2.05, 4.69) is 10.2 Å². The van der Waals surface area contributed by atoms with E-state index in [9.17, 15) is 14.7 Å². The van der Waals surface area contributed by atoms with Crippen molar-refractivity contribution in [2.45, 2.75) is 13.0 Å². The van der Waals surface area contributed by atoms with Crippen LogP contribution < -0.4 is 14.4 Å². The Morgan fingerprint density at radius 2 is 1.66 bits per heavy atom. The number of benzene rings is 3. The largest absolute Gasteiger partial charge is 0.493 e. The van der Waals surface area contributed by atoms with Crippen molar-refractivity contribution in [3.05, 3.63) is 94.7 Å². The number of H-pyrrole nitrogens is 1. The molecule has 176 valence electrons. The molecule has 1 aliphatic rings. The summed E-state index contributed by atoms with van der Waals surface area (Å²) in [5.41, 5.74) is 5.33. The molecule has 8 heteroatoms. The number of nitrogens with one attached hydrogen (secondary N) is 1. The zero-order valence-electron chi connectivity index (χ0n) is 19.4. The van der Waals surface area contributed by atoms with E-state index in [1.807, 2.05) is 43.3 Å². The van der Waals surface area contributed by atoms with Gasteiger partial charge in [-0.05, 0) is 48.9 Å². The van der Waals surface area contributed by atoms with Gasteiger partial charge in [0.25, 0.3) is 5.91 Å². The molecular formula is C27H23N3O5. The van der Waals surface area contributed by atoms with Crippen molar-refractivity contribution in [1.29, 1.82) is 0 Å². The molecule has 1 aromatic heterocycles.